The molecule has 0 N–H and O–H groups in total. The van der Waals surface area contributed by atoms with Gasteiger partial charge in [0, 0.05) is 13.1 Å². The van der Waals surface area contributed by atoms with E-state index in [9.17, 15) is 26.4 Å². The third-order valence-electron chi connectivity index (χ3n) is 4.80. The first-order valence-electron chi connectivity index (χ1n) is 9.66. The Morgan fingerprint density at radius 2 is 1.81 bits per heavy atom. The number of esters is 1. The molecule has 0 saturated carbocycles. The fourth-order valence-electron chi connectivity index (χ4n) is 3.36. The first-order valence-corrected chi connectivity index (χ1v) is 11.5. The van der Waals surface area contributed by atoms with Crippen molar-refractivity contribution < 1.29 is 35.9 Å². The van der Waals surface area contributed by atoms with Gasteiger partial charge in [0.1, 0.15) is 11.5 Å². The van der Waals surface area contributed by atoms with Crippen molar-refractivity contribution in [3.8, 4) is 0 Å². The van der Waals surface area contributed by atoms with Gasteiger partial charge in [-0.3, -0.25) is 0 Å². The molecule has 3 rings (SSSR count). The topological polar surface area (TPSA) is 72.9 Å². The molecular formula is C21H21ClF3NO5S. The number of rotatable bonds is 5. The van der Waals surface area contributed by atoms with E-state index in [1.165, 1.54) is 28.6 Å². The van der Waals surface area contributed by atoms with Gasteiger partial charge in [-0.1, -0.05) is 23.7 Å². The molecule has 1 aliphatic rings. The molecule has 0 bridgehead atoms. The molecule has 0 aromatic heterocycles. The Bertz CT molecular complexity index is 1100. The van der Waals surface area contributed by atoms with Crippen molar-refractivity contribution in [1.82, 2.24) is 4.31 Å². The molecule has 174 valence electrons. The largest absolute Gasteiger partial charge is 0.457 e. The molecular weight excluding hydrogens is 471 g/mol. The molecule has 0 amide bonds. The van der Waals surface area contributed by atoms with Gasteiger partial charge < -0.3 is 9.47 Å². The molecule has 2 aromatic carbocycles. The highest BCUT2D eigenvalue weighted by Gasteiger charge is 2.34. The second-order valence-electron chi connectivity index (χ2n) is 7.50. The summed E-state index contributed by atoms with van der Waals surface area (Å²) in [7, 11) is -4.02. The lowest BCUT2D eigenvalue weighted by molar-refractivity contribution is -0.137. The predicted octanol–water partition coefficient (Wildman–Crippen LogP) is 4.51. The Morgan fingerprint density at radius 1 is 1.16 bits per heavy atom. The molecule has 11 heteroatoms. The summed E-state index contributed by atoms with van der Waals surface area (Å²) < 4.78 is 76.6. The molecule has 0 spiro atoms. The number of morpholine rings is 1. The van der Waals surface area contributed by atoms with Crippen LogP contribution in [0.3, 0.4) is 0 Å². The maximum atomic E-state index is 13.1. The highest BCUT2D eigenvalue weighted by atomic mass is 35.5. The third-order valence-corrected chi connectivity index (χ3v) is 7.11. The van der Waals surface area contributed by atoms with Crippen molar-refractivity contribution in [2.75, 3.05) is 13.1 Å². The Morgan fingerprint density at radius 3 is 2.44 bits per heavy atom. The first kappa shape index (κ1) is 24.5. The maximum Gasteiger partial charge on any atom is 0.416 e. The Balaban J connectivity index is 1.79. The highest BCUT2D eigenvalue weighted by Crippen LogP contribution is 2.30. The zero-order chi connectivity index (χ0) is 23.7. The molecule has 6 nitrogen and oxygen atoms in total. The number of ether oxygens (including phenoxy) is 2. The third kappa shape index (κ3) is 5.61. The van der Waals surface area contributed by atoms with Gasteiger partial charge >= 0.3 is 12.1 Å². The van der Waals surface area contributed by atoms with Gasteiger partial charge in [-0.2, -0.15) is 17.5 Å². The van der Waals surface area contributed by atoms with E-state index in [1.54, 1.807) is 13.8 Å². The van der Waals surface area contributed by atoms with Gasteiger partial charge in [0.05, 0.1) is 28.4 Å². The van der Waals surface area contributed by atoms with Crippen LogP contribution in [0, 0.1) is 0 Å². The fourth-order valence-corrected chi connectivity index (χ4v) is 5.45. The van der Waals surface area contributed by atoms with Crippen LogP contribution in [0.2, 0.25) is 5.02 Å². The normalized spacial score (nSPS) is 20.2. The summed E-state index contributed by atoms with van der Waals surface area (Å²) in [6.07, 6.45) is -5.14. The van der Waals surface area contributed by atoms with Crippen LogP contribution in [0.25, 0.3) is 0 Å². The zero-order valence-electron chi connectivity index (χ0n) is 17.2. The summed E-state index contributed by atoms with van der Waals surface area (Å²) in [5.74, 6) is -0.890. The van der Waals surface area contributed by atoms with E-state index in [0.29, 0.717) is 0 Å². The van der Waals surface area contributed by atoms with Gasteiger partial charge in [-0.25, -0.2) is 13.2 Å². The van der Waals surface area contributed by atoms with Crippen molar-refractivity contribution in [2.45, 2.75) is 43.7 Å². The van der Waals surface area contributed by atoms with Crippen molar-refractivity contribution in [3.63, 3.8) is 0 Å². The number of hydrogen-bond acceptors (Lipinski definition) is 5. The van der Waals surface area contributed by atoms with E-state index >= 15 is 0 Å². The molecule has 2 unspecified atom stereocenters. The Labute approximate surface area is 188 Å². The van der Waals surface area contributed by atoms with Crippen LogP contribution in [-0.2, 0) is 32.3 Å². The molecule has 1 aliphatic heterocycles. The predicted molar refractivity (Wildman–Crippen MR) is 111 cm³/mol. The number of nitrogens with zero attached hydrogens (tertiary/aromatic N) is 1. The van der Waals surface area contributed by atoms with E-state index in [0.717, 1.165) is 18.2 Å². The quantitative estimate of drug-likeness (QED) is 0.575. The Kier molecular flexibility index (Phi) is 7.18. The minimum atomic E-state index is -4.52. The average Bonchev–Trinajstić information content (AvgIpc) is 2.71. The van der Waals surface area contributed by atoms with Crippen molar-refractivity contribution in [2.24, 2.45) is 0 Å². The van der Waals surface area contributed by atoms with Crippen LogP contribution in [0.1, 0.15) is 35.3 Å². The maximum absolute atomic E-state index is 13.1. The fraction of sp³-hybridized carbons (Fsp3) is 0.381. The van der Waals surface area contributed by atoms with E-state index in [1.807, 2.05) is 0 Å². The lowest BCUT2D eigenvalue weighted by Crippen LogP contribution is -2.48. The van der Waals surface area contributed by atoms with Gasteiger partial charge in [0.25, 0.3) is 0 Å². The van der Waals surface area contributed by atoms with Crippen LogP contribution < -0.4 is 0 Å². The molecule has 0 radical (unpaired) electrons. The highest BCUT2D eigenvalue weighted by molar-refractivity contribution is 7.89. The smallest absolute Gasteiger partial charge is 0.416 e. The monoisotopic (exact) mass is 491 g/mol. The number of halogens is 4. The van der Waals surface area contributed by atoms with Crippen LogP contribution in [-0.4, -0.2) is 44.0 Å². The number of carbonyl (C=O) groups excluding carboxylic acids is 1. The van der Waals surface area contributed by atoms with E-state index in [-0.39, 0.29) is 46.3 Å². The number of hydrogen-bond donors (Lipinski definition) is 0. The first-order chi connectivity index (χ1) is 14.9. The van der Waals surface area contributed by atoms with Gasteiger partial charge in [0.2, 0.25) is 10.0 Å². The van der Waals surface area contributed by atoms with Crippen LogP contribution in [0.15, 0.2) is 47.4 Å². The minimum Gasteiger partial charge on any atom is -0.457 e. The molecule has 2 atom stereocenters. The van der Waals surface area contributed by atoms with Gasteiger partial charge in [-0.05, 0) is 49.7 Å². The van der Waals surface area contributed by atoms with Crippen molar-refractivity contribution in [1.29, 1.82) is 0 Å². The van der Waals surface area contributed by atoms with Crippen molar-refractivity contribution in [3.05, 3.63) is 64.2 Å². The Hall–Kier alpha value is -2.14. The molecule has 1 heterocycles. The van der Waals surface area contributed by atoms with E-state index < -0.39 is 34.3 Å². The summed E-state index contributed by atoms with van der Waals surface area (Å²) in [5.41, 5.74) is -0.805. The van der Waals surface area contributed by atoms with Crippen molar-refractivity contribution >= 4 is 27.6 Å². The van der Waals surface area contributed by atoms with Crippen LogP contribution in [0.5, 0.6) is 0 Å². The molecule has 1 fully saturated rings. The average molecular weight is 492 g/mol. The molecule has 0 aliphatic carbocycles. The number of benzene rings is 2. The zero-order valence-corrected chi connectivity index (χ0v) is 18.8. The molecule has 2 aromatic rings. The summed E-state index contributed by atoms with van der Waals surface area (Å²) in [6.45, 7) is 3.36. The number of sulfonamides is 1. The van der Waals surface area contributed by atoms with E-state index in [2.05, 4.69) is 0 Å². The van der Waals surface area contributed by atoms with Crippen LogP contribution >= 0.6 is 11.6 Å². The molecule has 32 heavy (non-hydrogen) atoms. The summed E-state index contributed by atoms with van der Waals surface area (Å²) >= 11 is 6.11. The number of carbonyl (C=O) groups is 1. The lowest BCUT2D eigenvalue weighted by atomic mass is 10.1. The summed E-state index contributed by atoms with van der Waals surface area (Å²) in [5, 5.41) is -0.0637. The lowest BCUT2D eigenvalue weighted by Gasteiger charge is -2.34. The number of alkyl halides is 3. The second-order valence-corrected chi connectivity index (χ2v) is 9.81. The van der Waals surface area contributed by atoms with Gasteiger partial charge in [0.15, 0.2) is 0 Å². The van der Waals surface area contributed by atoms with E-state index in [4.69, 9.17) is 21.1 Å². The van der Waals surface area contributed by atoms with Crippen LogP contribution in [0.4, 0.5) is 13.2 Å². The second kappa shape index (κ2) is 9.38. The SMILES string of the molecule is CC1CN(S(=O)(=O)c2cc(C(=O)OCc3cccc(C(F)(F)F)c3)ccc2Cl)CC(C)O1. The standard InChI is InChI=1S/C21H21ClF3NO5S/c1-13-10-26(11-14(2)31-13)32(28,29)19-9-16(6-7-18(19)22)20(27)30-12-15-4-3-5-17(8-15)21(23,24)25/h3-9,13-14H,10-12H2,1-2H3. The molecule has 1 saturated heterocycles. The summed E-state index contributed by atoms with van der Waals surface area (Å²) in [4.78, 5) is 12.2. The minimum absolute atomic E-state index is 0.0637. The van der Waals surface area contributed by atoms with Gasteiger partial charge in [-0.15, -0.1) is 0 Å². The summed E-state index contributed by atoms with van der Waals surface area (Å²) in [6, 6.07) is 8.06.